The number of aromatic amines is 1. The number of para-hydroxylation sites is 2. The van der Waals surface area contributed by atoms with E-state index in [1.165, 1.54) is 12.1 Å². The molecule has 3 aromatic carbocycles. The van der Waals surface area contributed by atoms with Crippen molar-refractivity contribution in [2.75, 3.05) is 13.1 Å². The Hall–Kier alpha value is -4.50. The van der Waals surface area contributed by atoms with Gasteiger partial charge in [0.25, 0.3) is 11.8 Å². The Bertz CT molecular complexity index is 1570. The highest BCUT2D eigenvalue weighted by Gasteiger charge is 2.24. The van der Waals surface area contributed by atoms with Gasteiger partial charge in [-0.1, -0.05) is 60.1 Å². The number of fused-ring (bicyclic) bond motifs is 1. The Balaban J connectivity index is 1.22. The van der Waals surface area contributed by atoms with Crippen molar-refractivity contribution in [2.24, 2.45) is 0 Å². The quantitative estimate of drug-likeness (QED) is 0.310. The summed E-state index contributed by atoms with van der Waals surface area (Å²) in [5.74, 6) is -2.58. The minimum Gasteiger partial charge on any atom is -0.480 e. The summed E-state index contributed by atoms with van der Waals surface area (Å²) >= 11 is 5.86. The van der Waals surface area contributed by atoms with Crippen LogP contribution in [-0.2, 0) is 11.2 Å². The number of benzene rings is 3. The third-order valence-electron chi connectivity index (χ3n) is 6.65. The fourth-order valence-electron chi connectivity index (χ4n) is 4.53. The normalized spacial score (nSPS) is 14.1. The molecule has 0 saturated carbocycles. The number of nitrogens with one attached hydrogen (secondary N) is 2. The number of halogens is 2. The molecule has 0 saturated heterocycles. The molecule has 0 radical (unpaired) electrons. The predicted octanol–water partition coefficient (Wildman–Crippen LogP) is 4.71. The first-order valence-corrected chi connectivity index (χ1v) is 12.7. The fraction of sp³-hybridized carbons (Fsp3) is 0.172. The molecule has 1 atom stereocenters. The van der Waals surface area contributed by atoms with Crippen LogP contribution in [0.2, 0.25) is 5.02 Å². The second-order valence-corrected chi connectivity index (χ2v) is 9.58. The third-order valence-corrected chi connectivity index (χ3v) is 7.04. The number of amides is 2. The van der Waals surface area contributed by atoms with E-state index in [0.29, 0.717) is 30.9 Å². The molecule has 198 valence electrons. The number of aromatic nitrogens is 2. The van der Waals surface area contributed by atoms with E-state index < -0.39 is 23.7 Å². The molecule has 0 aliphatic carbocycles. The van der Waals surface area contributed by atoms with Crippen LogP contribution in [-0.4, -0.2) is 56.9 Å². The van der Waals surface area contributed by atoms with E-state index >= 15 is 0 Å². The Morgan fingerprint density at radius 3 is 2.54 bits per heavy atom. The van der Waals surface area contributed by atoms with Crippen molar-refractivity contribution in [3.05, 3.63) is 106 Å². The average Bonchev–Trinajstić information content (AvgIpc) is 3.38. The molecule has 0 bridgehead atoms. The number of carboxylic acid groups (broad SMARTS) is 1. The van der Waals surface area contributed by atoms with Gasteiger partial charge in [-0.3, -0.25) is 9.59 Å². The molecule has 0 spiro atoms. The van der Waals surface area contributed by atoms with Crippen LogP contribution >= 0.6 is 11.6 Å². The zero-order valence-electron chi connectivity index (χ0n) is 20.7. The molecule has 0 fully saturated rings. The molecular formula is C29H24ClFN4O4. The highest BCUT2D eigenvalue weighted by atomic mass is 35.5. The van der Waals surface area contributed by atoms with Crippen LogP contribution < -0.4 is 5.32 Å². The third kappa shape index (κ3) is 5.68. The van der Waals surface area contributed by atoms with E-state index in [-0.39, 0.29) is 22.9 Å². The number of aliphatic carboxylic acids is 1. The van der Waals surface area contributed by atoms with Crippen molar-refractivity contribution in [3.63, 3.8) is 0 Å². The monoisotopic (exact) mass is 546 g/mol. The molecule has 0 unspecified atom stereocenters. The number of H-pyrrole nitrogens is 1. The lowest BCUT2D eigenvalue weighted by Gasteiger charge is -2.26. The van der Waals surface area contributed by atoms with Crippen molar-refractivity contribution >= 4 is 46.0 Å². The minimum absolute atomic E-state index is 0.0348. The van der Waals surface area contributed by atoms with Crippen molar-refractivity contribution in [1.29, 1.82) is 0 Å². The summed E-state index contributed by atoms with van der Waals surface area (Å²) in [4.78, 5) is 46.5. The lowest BCUT2D eigenvalue weighted by Crippen LogP contribution is -2.42. The maximum absolute atomic E-state index is 13.7. The first kappa shape index (κ1) is 26.1. The molecule has 2 heterocycles. The number of hydrogen-bond donors (Lipinski definition) is 3. The molecule has 3 N–H and O–H groups in total. The van der Waals surface area contributed by atoms with Crippen LogP contribution in [0.15, 0.2) is 72.8 Å². The number of hydrogen-bond acceptors (Lipinski definition) is 4. The molecule has 10 heteroatoms. The Kier molecular flexibility index (Phi) is 7.42. The molecule has 1 aromatic heterocycles. The number of nitrogens with zero attached hydrogens (tertiary/aromatic N) is 2. The van der Waals surface area contributed by atoms with Crippen molar-refractivity contribution in [3.8, 4) is 0 Å². The van der Waals surface area contributed by atoms with Gasteiger partial charge in [-0.05, 0) is 47.4 Å². The summed E-state index contributed by atoms with van der Waals surface area (Å²) in [6, 6.07) is 17.4. The van der Waals surface area contributed by atoms with E-state index in [2.05, 4.69) is 15.3 Å². The summed E-state index contributed by atoms with van der Waals surface area (Å²) in [6.07, 6.45) is 2.70. The average molecular weight is 547 g/mol. The van der Waals surface area contributed by atoms with Crippen molar-refractivity contribution in [1.82, 2.24) is 20.2 Å². The van der Waals surface area contributed by atoms with E-state index in [4.69, 9.17) is 11.6 Å². The number of carbonyl (C=O) groups is 3. The lowest BCUT2D eigenvalue weighted by atomic mass is 9.96. The van der Waals surface area contributed by atoms with E-state index in [1.807, 2.05) is 42.5 Å². The molecule has 2 amide bonds. The zero-order valence-corrected chi connectivity index (χ0v) is 21.4. The molecule has 5 rings (SSSR count). The van der Waals surface area contributed by atoms with Crippen molar-refractivity contribution in [2.45, 2.75) is 18.9 Å². The highest BCUT2D eigenvalue weighted by molar-refractivity contribution is 6.34. The maximum Gasteiger partial charge on any atom is 0.326 e. The Labute approximate surface area is 228 Å². The first-order chi connectivity index (χ1) is 18.8. The number of rotatable bonds is 7. The van der Waals surface area contributed by atoms with Gasteiger partial charge in [0, 0.05) is 19.5 Å². The second kappa shape index (κ2) is 11.1. The van der Waals surface area contributed by atoms with Crippen LogP contribution in [0.5, 0.6) is 0 Å². The van der Waals surface area contributed by atoms with Crippen LogP contribution in [0.1, 0.15) is 38.5 Å². The maximum atomic E-state index is 13.7. The summed E-state index contributed by atoms with van der Waals surface area (Å²) in [6.45, 7) is 0.988. The molecule has 1 aliphatic rings. The summed E-state index contributed by atoms with van der Waals surface area (Å²) < 4.78 is 13.7. The number of carbonyl (C=O) groups excluding carboxylic acids is 2. The van der Waals surface area contributed by atoms with Gasteiger partial charge >= 0.3 is 5.97 Å². The van der Waals surface area contributed by atoms with Crippen LogP contribution in [0.4, 0.5) is 4.39 Å². The van der Waals surface area contributed by atoms with Gasteiger partial charge in [0.2, 0.25) is 0 Å². The van der Waals surface area contributed by atoms with Gasteiger partial charge in [0.05, 0.1) is 21.6 Å². The number of imidazole rings is 1. The summed E-state index contributed by atoms with van der Waals surface area (Å²) in [5, 5.41) is 11.7. The highest BCUT2D eigenvalue weighted by Crippen LogP contribution is 2.24. The smallest absolute Gasteiger partial charge is 0.326 e. The SMILES string of the molecule is O=C(N[C@@H](Cc1ccc(C2=CCN(C(=O)c3nc4ccccc4[nH]3)CC2)cc1)C(=O)O)c1cccc(F)c1Cl. The van der Waals surface area contributed by atoms with E-state index in [9.17, 15) is 23.9 Å². The largest absolute Gasteiger partial charge is 0.480 e. The lowest BCUT2D eigenvalue weighted by molar-refractivity contribution is -0.139. The summed E-state index contributed by atoms with van der Waals surface area (Å²) in [7, 11) is 0. The molecule has 39 heavy (non-hydrogen) atoms. The Morgan fingerprint density at radius 2 is 1.85 bits per heavy atom. The van der Waals surface area contributed by atoms with Gasteiger partial charge in [-0.2, -0.15) is 0 Å². The van der Waals surface area contributed by atoms with E-state index in [1.54, 1.807) is 17.0 Å². The summed E-state index contributed by atoms with van der Waals surface area (Å²) in [5.41, 5.74) is 4.19. The van der Waals surface area contributed by atoms with Gasteiger partial charge in [0.1, 0.15) is 11.9 Å². The minimum atomic E-state index is -1.23. The first-order valence-electron chi connectivity index (χ1n) is 12.3. The standard InChI is InChI=1S/C29H24ClFN4O4/c30-25-20(4-3-5-21(25)31)27(36)34-24(29(38)39)16-17-8-10-18(11-9-17)19-12-14-35(15-13-19)28(37)26-32-22-6-1-2-7-23(22)33-26/h1-12,24H,13-16H2,(H,32,33)(H,34,36)(H,38,39)/t24-/m0/s1. The van der Waals surface area contributed by atoms with E-state index in [0.717, 1.165) is 28.2 Å². The van der Waals surface area contributed by atoms with Crippen LogP contribution in [0, 0.1) is 5.82 Å². The molecule has 4 aromatic rings. The zero-order chi connectivity index (χ0) is 27.5. The van der Waals surface area contributed by atoms with Crippen LogP contribution in [0.3, 0.4) is 0 Å². The van der Waals surface area contributed by atoms with Crippen LogP contribution in [0.25, 0.3) is 16.6 Å². The molecule has 8 nitrogen and oxygen atoms in total. The predicted molar refractivity (Wildman–Crippen MR) is 145 cm³/mol. The fourth-order valence-corrected chi connectivity index (χ4v) is 4.74. The van der Waals surface area contributed by atoms with Crippen molar-refractivity contribution < 1.29 is 23.9 Å². The molecular weight excluding hydrogens is 523 g/mol. The van der Waals surface area contributed by atoms with Gasteiger partial charge in [-0.15, -0.1) is 0 Å². The second-order valence-electron chi connectivity index (χ2n) is 9.20. The number of carboxylic acids is 1. The van der Waals surface area contributed by atoms with Gasteiger partial charge in [-0.25, -0.2) is 14.2 Å². The molecule has 1 aliphatic heterocycles. The topological polar surface area (TPSA) is 115 Å². The van der Waals surface area contributed by atoms with Gasteiger partial charge < -0.3 is 20.3 Å². The Morgan fingerprint density at radius 1 is 1.08 bits per heavy atom. The van der Waals surface area contributed by atoms with Gasteiger partial charge in [0.15, 0.2) is 5.82 Å².